The lowest BCUT2D eigenvalue weighted by Crippen LogP contribution is -2.12. The average Bonchev–Trinajstić information content (AvgIpc) is 2.30. The molecule has 0 N–H and O–H groups in total. The first-order chi connectivity index (χ1) is 7.36. The van der Waals surface area contributed by atoms with Crippen molar-refractivity contribution in [1.29, 1.82) is 0 Å². The predicted molar refractivity (Wildman–Crippen MR) is 60.7 cm³/mol. The number of fused-ring (bicyclic) bond motifs is 2. The summed E-state index contributed by atoms with van der Waals surface area (Å²) >= 11 is 0. The molecule has 0 saturated heterocycles. The van der Waals surface area contributed by atoms with Gasteiger partial charge in [-0.1, -0.05) is 42.0 Å². The Morgan fingerprint density at radius 1 is 1.07 bits per heavy atom. The second-order valence-corrected chi connectivity index (χ2v) is 4.10. The Bertz CT molecular complexity index is 492. The highest BCUT2D eigenvalue weighted by atomic mass is 16.1. The maximum atomic E-state index is 11.9. The third-order valence-corrected chi connectivity index (χ3v) is 3.17. The molecular formula is C14H12O. The fourth-order valence-electron chi connectivity index (χ4n) is 2.43. The van der Waals surface area contributed by atoms with E-state index in [0.717, 1.165) is 24.0 Å². The van der Waals surface area contributed by atoms with Crippen LogP contribution in [0.2, 0.25) is 0 Å². The summed E-state index contributed by atoms with van der Waals surface area (Å²) < 4.78 is 0. The molecule has 1 aromatic carbocycles. The first-order valence-electron chi connectivity index (χ1n) is 5.37. The first kappa shape index (κ1) is 8.66. The minimum atomic E-state index is 0.277. The molecule has 0 unspecified atom stereocenters. The van der Waals surface area contributed by atoms with Crippen LogP contribution in [0.4, 0.5) is 0 Å². The van der Waals surface area contributed by atoms with Crippen molar-refractivity contribution in [3.8, 4) is 0 Å². The summed E-state index contributed by atoms with van der Waals surface area (Å²) in [5.41, 5.74) is 4.63. The lowest BCUT2D eigenvalue weighted by atomic mass is 9.81. The number of ketones is 1. The Balaban J connectivity index is 2.25. The quantitative estimate of drug-likeness (QED) is 0.621. The molecule has 0 spiro atoms. The van der Waals surface area contributed by atoms with Crippen LogP contribution < -0.4 is 0 Å². The Hall–Kier alpha value is -1.63. The van der Waals surface area contributed by atoms with E-state index in [1.54, 1.807) is 0 Å². The third-order valence-electron chi connectivity index (χ3n) is 3.17. The summed E-state index contributed by atoms with van der Waals surface area (Å²) in [5.74, 6) is 0.277. The molecule has 3 rings (SSSR count). The summed E-state index contributed by atoms with van der Waals surface area (Å²) in [6.07, 6.45) is 7.12. The SMILES string of the molecule is O=C1CC2=C(C=CCC2)c2ccccc21. The molecule has 2 aliphatic rings. The van der Waals surface area contributed by atoms with Gasteiger partial charge in [-0.3, -0.25) is 4.79 Å². The molecule has 74 valence electrons. The maximum Gasteiger partial charge on any atom is 0.167 e. The molecule has 0 fully saturated rings. The number of hydrogen-bond donors (Lipinski definition) is 0. The van der Waals surface area contributed by atoms with Gasteiger partial charge >= 0.3 is 0 Å². The lowest BCUT2D eigenvalue weighted by Gasteiger charge is -2.22. The van der Waals surface area contributed by atoms with Gasteiger partial charge in [-0.2, -0.15) is 0 Å². The van der Waals surface area contributed by atoms with Crippen molar-refractivity contribution < 1.29 is 4.79 Å². The molecule has 0 atom stereocenters. The highest BCUT2D eigenvalue weighted by molar-refractivity contribution is 6.07. The van der Waals surface area contributed by atoms with Gasteiger partial charge < -0.3 is 0 Å². The largest absolute Gasteiger partial charge is 0.294 e. The van der Waals surface area contributed by atoms with Crippen molar-refractivity contribution in [2.45, 2.75) is 19.3 Å². The summed E-state index contributed by atoms with van der Waals surface area (Å²) in [6.45, 7) is 0. The van der Waals surface area contributed by atoms with E-state index in [2.05, 4.69) is 18.2 Å². The molecule has 0 aromatic heterocycles. The number of allylic oxidation sites excluding steroid dienone is 4. The van der Waals surface area contributed by atoms with Gasteiger partial charge in [-0.05, 0) is 24.0 Å². The second kappa shape index (κ2) is 3.20. The Labute approximate surface area is 89.1 Å². The molecule has 1 aromatic rings. The van der Waals surface area contributed by atoms with E-state index in [4.69, 9.17) is 0 Å². The van der Waals surface area contributed by atoms with Gasteiger partial charge in [-0.15, -0.1) is 0 Å². The summed E-state index contributed by atoms with van der Waals surface area (Å²) in [4.78, 5) is 11.9. The third kappa shape index (κ3) is 1.27. The Morgan fingerprint density at radius 2 is 1.87 bits per heavy atom. The van der Waals surface area contributed by atoms with Gasteiger partial charge in [0, 0.05) is 12.0 Å². The van der Waals surface area contributed by atoms with Gasteiger partial charge in [0.1, 0.15) is 0 Å². The molecule has 1 heteroatoms. The second-order valence-electron chi connectivity index (χ2n) is 4.10. The molecule has 0 saturated carbocycles. The van der Waals surface area contributed by atoms with E-state index < -0.39 is 0 Å². The van der Waals surface area contributed by atoms with Crippen LogP contribution >= 0.6 is 0 Å². The van der Waals surface area contributed by atoms with Gasteiger partial charge in [0.05, 0.1) is 0 Å². The fourth-order valence-corrected chi connectivity index (χ4v) is 2.43. The van der Waals surface area contributed by atoms with Gasteiger partial charge in [0.15, 0.2) is 5.78 Å². The predicted octanol–water partition coefficient (Wildman–Crippen LogP) is 3.38. The average molecular weight is 196 g/mol. The fraction of sp³-hybridized carbons (Fsp3) is 0.214. The standard InChI is InChI=1S/C14H12O/c15-14-9-10-5-1-2-6-11(10)12-7-3-4-8-13(12)14/h2-4,6-8H,1,5,9H2. The molecule has 2 aliphatic carbocycles. The van der Waals surface area contributed by atoms with Gasteiger partial charge in [-0.25, -0.2) is 0 Å². The molecule has 15 heavy (non-hydrogen) atoms. The number of carbonyl (C=O) groups excluding carboxylic acids is 1. The Morgan fingerprint density at radius 3 is 2.73 bits per heavy atom. The molecule has 0 amide bonds. The van der Waals surface area contributed by atoms with Crippen molar-refractivity contribution in [2.75, 3.05) is 0 Å². The van der Waals surface area contributed by atoms with E-state index in [1.807, 2.05) is 18.2 Å². The van der Waals surface area contributed by atoms with E-state index in [-0.39, 0.29) is 5.78 Å². The Kier molecular flexibility index (Phi) is 1.84. The minimum absolute atomic E-state index is 0.277. The van der Waals surface area contributed by atoms with Gasteiger partial charge in [0.25, 0.3) is 0 Å². The van der Waals surface area contributed by atoms with E-state index in [9.17, 15) is 4.79 Å². The molecule has 0 radical (unpaired) electrons. The summed E-state index contributed by atoms with van der Waals surface area (Å²) in [7, 11) is 0. The maximum absolute atomic E-state index is 11.9. The summed E-state index contributed by atoms with van der Waals surface area (Å²) in [6, 6.07) is 7.93. The highest BCUT2D eigenvalue weighted by Crippen LogP contribution is 2.36. The van der Waals surface area contributed by atoms with Crippen LogP contribution in [0.25, 0.3) is 5.57 Å². The highest BCUT2D eigenvalue weighted by Gasteiger charge is 2.23. The van der Waals surface area contributed by atoms with Crippen LogP contribution in [0.1, 0.15) is 35.2 Å². The van der Waals surface area contributed by atoms with E-state index in [1.165, 1.54) is 11.1 Å². The normalized spacial score (nSPS) is 18.8. The smallest absolute Gasteiger partial charge is 0.167 e. The summed E-state index contributed by atoms with van der Waals surface area (Å²) in [5, 5.41) is 0. The monoisotopic (exact) mass is 196 g/mol. The molecule has 0 heterocycles. The number of benzene rings is 1. The lowest BCUT2D eigenvalue weighted by molar-refractivity contribution is 0.0990. The number of rotatable bonds is 0. The van der Waals surface area contributed by atoms with Crippen LogP contribution in [-0.2, 0) is 0 Å². The number of hydrogen-bond acceptors (Lipinski definition) is 1. The van der Waals surface area contributed by atoms with Crippen LogP contribution in [0.3, 0.4) is 0 Å². The van der Waals surface area contributed by atoms with E-state index in [0.29, 0.717) is 6.42 Å². The molecule has 1 nitrogen and oxygen atoms in total. The van der Waals surface area contributed by atoms with Crippen LogP contribution in [0, 0.1) is 0 Å². The van der Waals surface area contributed by atoms with E-state index >= 15 is 0 Å². The molecule has 0 aliphatic heterocycles. The van der Waals surface area contributed by atoms with Crippen molar-refractivity contribution in [3.05, 3.63) is 53.1 Å². The topological polar surface area (TPSA) is 17.1 Å². The van der Waals surface area contributed by atoms with Gasteiger partial charge in [0.2, 0.25) is 0 Å². The zero-order valence-electron chi connectivity index (χ0n) is 8.49. The zero-order chi connectivity index (χ0) is 10.3. The first-order valence-corrected chi connectivity index (χ1v) is 5.37. The zero-order valence-corrected chi connectivity index (χ0v) is 8.49. The van der Waals surface area contributed by atoms with Crippen molar-refractivity contribution >= 4 is 11.4 Å². The van der Waals surface area contributed by atoms with Crippen molar-refractivity contribution in [2.24, 2.45) is 0 Å². The minimum Gasteiger partial charge on any atom is -0.294 e. The van der Waals surface area contributed by atoms with Crippen LogP contribution in [0.5, 0.6) is 0 Å². The van der Waals surface area contributed by atoms with Crippen molar-refractivity contribution in [3.63, 3.8) is 0 Å². The molecule has 0 bridgehead atoms. The van der Waals surface area contributed by atoms with Crippen LogP contribution in [0.15, 0.2) is 42.0 Å². The molecular weight excluding hydrogens is 184 g/mol. The number of carbonyl (C=O) groups is 1. The van der Waals surface area contributed by atoms with Crippen LogP contribution in [-0.4, -0.2) is 5.78 Å². The number of Topliss-reactive ketones (excluding diaryl/α,β-unsaturated/α-hetero) is 1. The van der Waals surface area contributed by atoms with Crippen molar-refractivity contribution in [1.82, 2.24) is 0 Å².